The lowest BCUT2D eigenvalue weighted by molar-refractivity contribution is -0.140. The fraction of sp³-hybridized carbons (Fsp3) is 0.233. The van der Waals surface area contributed by atoms with E-state index in [2.05, 4.69) is 9.69 Å². The van der Waals surface area contributed by atoms with Crippen molar-refractivity contribution in [3.8, 4) is 21.6 Å². The number of hydrogen-bond donors (Lipinski definition) is 2. The normalized spacial score (nSPS) is 14.5. The molecule has 1 amide bonds. The Bertz CT molecular complexity index is 1580. The van der Waals surface area contributed by atoms with Gasteiger partial charge in [-0.25, -0.2) is 9.18 Å². The summed E-state index contributed by atoms with van der Waals surface area (Å²) in [5, 5.41) is 12.8. The van der Waals surface area contributed by atoms with Gasteiger partial charge in [0.05, 0.1) is 21.7 Å². The van der Waals surface area contributed by atoms with E-state index in [9.17, 15) is 14.7 Å². The SMILES string of the molecule is Cc1cc(-c2snc(C)c2NC(=O)O[C@H](C)c2ccccc2Cl)c(F)cc1-c1ccc(C2(C(=O)O)CC2)cc1. The Balaban J connectivity index is 1.38. The Labute approximate surface area is 234 Å². The van der Waals surface area contributed by atoms with E-state index in [0.29, 0.717) is 50.8 Å². The highest BCUT2D eigenvalue weighted by molar-refractivity contribution is 7.10. The maximum absolute atomic E-state index is 15.5. The second-order valence-electron chi connectivity index (χ2n) is 9.78. The zero-order chi connectivity index (χ0) is 27.9. The number of nitrogens with one attached hydrogen (secondary N) is 1. The standard InChI is InChI=1S/C30H26ClFN2O4S/c1-16-14-23(25(32)15-22(16)19-8-10-20(11-9-19)30(12-13-30)28(35)36)27-26(17(2)34-39-27)33-29(37)38-18(3)21-6-4-5-7-24(21)31/h4-11,14-15,18H,12-13H2,1-3H3,(H,33,37)(H,35,36)/t18-/m1/s1. The Morgan fingerprint density at radius 1 is 1.10 bits per heavy atom. The first-order valence-corrected chi connectivity index (χ1v) is 13.6. The summed E-state index contributed by atoms with van der Waals surface area (Å²) in [6.45, 7) is 5.34. The van der Waals surface area contributed by atoms with Crippen LogP contribution < -0.4 is 5.32 Å². The first-order valence-electron chi connectivity index (χ1n) is 12.4. The smallest absolute Gasteiger partial charge is 0.412 e. The third kappa shape index (κ3) is 5.14. The average molecular weight is 565 g/mol. The molecule has 0 aliphatic heterocycles. The molecule has 0 spiro atoms. The molecule has 5 rings (SSSR count). The maximum Gasteiger partial charge on any atom is 0.412 e. The van der Waals surface area contributed by atoms with Crippen molar-refractivity contribution in [2.24, 2.45) is 0 Å². The highest BCUT2D eigenvalue weighted by Crippen LogP contribution is 2.49. The lowest BCUT2D eigenvalue weighted by Gasteiger charge is -2.16. The summed E-state index contributed by atoms with van der Waals surface area (Å²) in [4.78, 5) is 24.9. The van der Waals surface area contributed by atoms with E-state index in [0.717, 1.165) is 28.2 Å². The van der Waals surface area contributed by atoms with Gasteiger partial charge in [0, 0.05) is 16.1 Å². The van der Waals surface area contributed by atoms with Crippen LogP contribution in [-0.2, 0) is 14.9 Å². The van der Waals surface area contributed by atoms with Crippen LogP contribution in [0.15, 0.2) is 60.7 Å². The zero-order valence-corrected chi connectivity index (χ0v) is 23.1. The van der Waals surface area contributed by atoms with Gasteiger partial charge in [0.15, 0.2) is 0 Å². The molecule has 0 unspecified atom stereocenters. The zero-order valence-electron chi connectivity index (χ0n) is 21.5. The second kappa shape index (κ2) is 10.4. The van der Waals surface area contributed by atoms with Crippen molar-refractivity contribution in [3.05, 3.63) is 93.9 Å². The van der Waals surface area contributed by atoms with Gasteiger partial charge in [-0.15, -0.1) is 0 Å². The van der Waals surface area contributed by atoms with Crippen LogP contribution in [0.5, 0.6) is 0 Å². The number of carboxylic acid groups (broad SMARTS) is 1. The van der Waals surface area contributed by atoms with Crippen molar-refractivity contribution in [3.63, 3.8) is 0 Å². The van der Waals surface area contributed by atoms with Gasteiger partial charge < -0.3 is 9.84 Å². The predicted molar refractivity (Wildman–Crippen MR) is 151 cm³/mol. The van der Waals surface area contributed by atoms with E-state index in [1.807, 2.05) is 37.3 Å². The van der Waals surface area contributed by atoms with Crippen molar-refractivity contribution in [2.45, 2.75) is 45.1 Å². The van der Waals surface area contributed by atoms with Crippen LogP contribution in [0.3, 0.4) is 0 Å². The minimum Gasteiger partial charge on any atom is -0.481 e. The molecule has 1 fully saturated rings. The summed E-state index contributed by atoms with van der Waals surface area (Å²) in [5.74, 6) is -1.28. The van der Waals surface area contributed by atoms with Crippen molar-refractivity contribution in [1.82, 2.24) is 4.37 Å². The van der Waals surface area contributed by atoms with Gasteiger partial charge in [-0.2, -0.15) is 4.37 Å². The summed E-state index contributed by atoms with van der Waals surface area (Å²) in [6.07, 6.45) is -0.0398. The quantitative estimate of drug-likeness (QED) is 0.235. The molecule has 0 saturated heterocycles. The average Bonchev–Trinajstić information content (AvgIpc) is 3.65. The second-order valence-corrected chi connectivity index (χ2v) is 11.0. The largest absolute Gasteiger partial charge is 0.481 e. The summed E-state index contributed by atoms with van der Waals surface area (Å²) in [7, 11) is 0. The number of carboxylic acids is 1. The van der Waals surface area contributed by atoms with Gasteiger partial charge in [-0.1, -0.05) is 54.1 Å². The van der Waals surface area contributed by atoms with Crippen LogP contribution in [0.1, 0.15) is 48.3 Å². The molecule has 1 aliphatic carbocycles. The number of amides is 1. The van der Waals surface area contributed by atoms with Crippen LogP contribution in [0.2, 0.25) is 5.02 Å². The molecule has 9 heteroatoms. The van der Waals surface area contributed by atoms with Crippen LogP contribution in [0, 0.1) is 19.7 Å². The predicted octanol–water partition coefficient (Wildman–Crippen LogP) is 8.31. The number of hydrogen-bond acceptors (Lipinski definition) is 5. The number of rotatable bonds is 7. The van der Waals surface area contributed by atoms with Gasteiger partial charge in [-0.3, -0.25) is 10.1 Å². The number of nitrogens with zero attached hydrogens (tertiary/aromatic N) is 1. The van der Waals surface area contributed by atoms with E-state index in [-0.39, 0.29) is 0 Å². The Morgan fingerprint density at radius 2 is 1.79 bits per heavy atom. The van der Waals surface area contributed by atoms with E-state index in [1.165, 1.54) is 6.07 Å². The van der Waals surface area contributed by atoms with Crippen LogP contribution in [0.25, 0.3) is 21.6 Å². The monoisotopic (exact) mass is 564 g/mol. The van der Waals surface area contributed by atoms with Gasteiger partial charge in [0.1, 0.15) is 11.9 Å². The molecule has 4 aromatic rings. The number of anilines is 1. The lowest BCUT2D eigenvalue weighted by Crippen LogP contribution is -2.19. The number of carbonyl (C=O) groups is 2. The molecule has 2 N–H and O–H groups in total. The molecule has 1 aromatic heterocycles. The van der Waals surface area contributed by atoms with Crippen LogP contribution >= 0.6 is 23.1 Å². The molecule has 1 heterocycles. The minimum absolute atomic E-state index is 0.315. The molecule has 1 aliphatic rings. The molecule has 1 saturated carbocycles. The molecule has 3 aromatic carbocycles. The summed E-state index contributed by atoms with van der Waals surface area (Å²) in [5.41, 5.74) is 4.21. The van der Waals surface area contributed by atoms with E-state index >= 15 is 4.39 Å². The fourth-order valence-corrected chi connectivity index (χ4v) is 5.90. The van der Waals surface area contributed by atoms with E-state index in [4.69, 9.17) is 16.3 Å². The van der Waals surface area contributed by atoms with Gasteiger partial charge in [-0.05, 0) is 85.6 Å². The number of ether oxygens (including phenoxy) is 1. The molecule has 39 heavy (non-hydrogen) atoms. The maximum atomic E-state index is 15.5. The third-order valence-electron chi connectivity index (χ3n) is 7.18. The highest BCUT2D eigenvalue weighted by atomic mass is 35.5. The number of carbonyl (C=O) groups excluding carboxylic acids is 1. The molecule has 0 radical (unpaired) electrons. The molecule has 0 bridgehead atoms. The molecule has 6 nitrogen and oxygen atoms in total. The molecule has 200 valence electrons. The third-order valence-corrected chi connectivity index (χ3v) is 8.50. The van der Waals surface area contributed by atoms with Gasteiger partial charge in [0.2, 0.25) is 0 Å². The number of aryl methyl sites for hydroxylation is 2. The van der Waals surface area contributed by atoms with Crippen molar-refractivity contribution in [2.75, 3.05) is 5.32 Å². The Morgan fingerprint density at radius 3 is 2.44 bits per heavy atom. The first-order chi connectivity index (χ1) is 18.6. The van der Waals surface area contributed by atoms with E-state index < -0.39 is 29.4 Å². The van der Waals surface area contributed by atoms with Crippen molar-refractivity contribution >= 4 is 40.9 Å². The Kier molecular flexibility index (Phi) is 7.18. The number of aromatic nitrogens is 1. The summed E-state index contributed by atoms with van der Waals surface area (Å²) < 4.78 is 25.4. The van der Waals surface area contributed by atoms with Gasteiger partial charge in [0.25, 0.3) is 0 Å². The molecule has 1 atom stereocenters. The highest BCUT2D eigenvalue weighted by Gasteiger charge is 2.51. The van der Waals surface area contributed by atoms with Crippen LogP contribution in [-0.4, -0.2) is 21.5 Å². The lowest BCUT2D eigenvalue weighted by atomic mass is 9.92. The number of aliphatic carboxylic acids is 1. The van der Waals surface area contributed by atoms with Crippen molar-refractivity contribution < 1.29 is 23.8 Å². The molecular weight excluding hydrogens is 539 g/mol. The van der Waals surface area contributed by atoms with Crippen molar-refractivity contribution in [1.29, 1.82) is 0 Å². The number of benzene rings is 3. The van der Waals surface area contributed by atoms with Gasteiger partial charge >= 0.3 is 12.1 Å². The first kappa shape index (κ1) is 26.8. The van der Waals surface area contributed by atoms with Crippen LogP contribution in [0.4, 0.5) is 14.9 Å². The van der Waals surface area contributed by atoms with E-state index in [1.54, 1.807) is 38.1 Å². The molecular formula is C30H26ClFN2O4S. The Hall–Kier alpha value is -3.75. The summed E-state index contributed by atoms with van der Waals surface area (Å²) in [6, 6.07) is 17.6. The number of halogens is 2. The fourth-order valence-electron chi connectivity index (χ4n) is 4.75. The summed E-state index contributed by atoms with van der Waals surface area (Å²) >= 11 is 7.31. The minimum atomic E-state index is -0.812. The topological polar surface area (TPSA) is 88.5 Å².